The zero-order chi connectivity index (χ0) is 18.1. The summed E-state index contributed by atoms with van der Waals surface area (Å²) in [5.41, 5.74) is 1.22. The summed E-state index contributed by atoms with van der Waals surface area (Å²) in [5, 5.41) is 2.75. The fourth-order valence-corrected chi connectivity index (χ4v) is 5.21. The highest BCUT2D eigenvalue weighted by atomic mass is 35.5. The maximum absolute atomic E-state index is 12.8. The second-order valence-corrected chi connectivity index (χ2v) is 8.26. The minimum absolute atomic E-state index is 0.0158. The van der Waals surface area contributed by atoms with Gasteiger partial charge in [0.2, 0.25) is 0 Å². The van der Waals surface area contributed by atoms with Crippen molar-refractivity contribution in [3.8, 4) is 5.75 Å². The first-order valence-corrected chi connectivity index (χ1v) is 10.2. The van der Waals surface area contributed by atoms with E-state index >= 15 is 0 Å². The van der Waals surface area contributed by atoms with E-state index < -0.39 is 6.10 Å². The molecule has 4 rings (SSSR count). The number of nitrogens with zero attached hydrogens (tertiary/aromatic N) is 1. The van der Waals surface area contributed by atoms with E-state index in [-0.39, 0.29) is 11.5 Å². The molecule has 0 saturated carbocycles. The zero-order valence-corrected chi connectivity index (χ0v) is 16.3. The van der Waals surface area contributed by atoms with Crippen LogP contribution in [-0.2, 0) is 21.6 Å². The van der Waals surface area contributed by atoms with Crippen LogP contribution in [0.3, 0.4) is 0 Å². The third-order valence-electron chi connectivity index (χ3n) is 5.25. The molecule has 2 aromatic rings. The van der Waals surface area contributed by atoms with Crippen molar-refractivity contribution in [2.24, 2.45) is 0 Å². The van der Waals surface area contributed by atoms with Crippen LogP contribution in [0.2, 0.25) is 5.02 Å². The number of carbonyl (C=O) groups is 1. The smallest absolute Gasteiger partial charge is 0.263 e. The Morgan fingerprint density at radius 2 is 2.15 bits per heavy atom. The summed E-state index contributed by atoms with van der Waals surface area (Å²) >= 11 is 7.77. The maximum atomic E-state index is 12.8. The van der Waals surface area contributed by atoms with Crippen LogP contribution in [-0.4, -0.2) is 36.6 Å². The molecule has 1 aromatic heterocycles. The van der Waals surface area contributed by atoms with Crippen LogP contribution in [0.25, 0.3) is 0 Å². The van der Waals surface area contributed by atoms with Gasteiger partial charge in [-0.2, -0.15) is 0 Å². The number of fused-ring (bicyclic) bond motifs is 2. The number of rotatable bonds is 3. The molecular formula is C20H22ClNO3S. The van der Waals surface area contributed by atoms with Crippen molar-refractivity contribution in [1.29, 1.82) is 0 Å². The molecule has 0 aliphatic carbocycles. The van der Waals surface area contributed by atoms with Gasteiger partial charge in [-0.25, -0.2) is 0 Å². The lowest BCUT2D eigenvalue weighted by Crippen LogP contribution is -2.50. The number of amides is 1. The number of ether oxygens (including phenoxy) is 2. The van der Waals surface area contributed by atoms with Crippen LogP contribution < -0.4 is 4.74 Å². The fraction of sp³-hybridized carbons (Fsp3) is 0.450. The Balaban J connectivity index is 1.40. The molecule has 1 fully saturated rings. The van der Waals surface area contributed by atoms with E-state index in [9.17, 15) is 4.79 Å². The largest absolute Gasteiger partial charge is 0.481 e. The monoisotopic (exact) mass is 391 g/mol. The number of carbonyl (C=O) groups excluding carboxylic acids is 1. The molecule has 1 unspecified atom stereocenters. The molecule has 1 saturated heterocycles. The first-order chi connectivity index (χ1) is 12.6. The van der Waals surface area contributed by atoms with Crippen LogP contribution in [0.1, 0.15) is 30.2 Å². The van der Waals surface area contributed by atoms with Gasteiger partial charge in [-0.05, 0) is 61.4 Å². The van der Waals surface area contributed by atoms with Crippen molar-refractivity contribution in [3.05, 3.63) is 51.2 Å². The molecule has 2 aliphatic heterocycles. The normalized spacial score (nSPS) is 19.8. The highest BCUT2D eigenvalue weighted by Crippen LogP contribution is 2.44. The molecule has 1 aromatic carbocycles. The van der Waals surface area contributed by atoms with Crippen molar-refractivity contribution in [1.82, 2.24) is 4.90 Å². The number of hydrogen-bond acceptors (Lipinski definition) is 4. The van der Waals surface area contributed by atoms with E-state index in [2.05, 4.69) is 11.4 Å². The topological polar surface area (TPSA) is 38.8 Å². The SMILES string of the molecule is CC(Oc1cccc(Cl)c1)C(=O)N1CCC2(CC1)OCCc1ccsc12. The van der Waals surface area contributed by atoms with Crippen molar-refractivity contribution in [2.45, 2.75) is 37.9 Å². The van der Waals surface area contributed by atoms with E-state index in [1.165, 1.54) is 10.4 Å². The van der Waals surface area contributed by atoms with Crippen LogP contribution >= 0.6 is 22.9 Å². The van der Waals surface area contributed by atoms with E-state index in [0.717, 1.165) is 25.9 Å². The molecular weight excluding hydrogens is 370 g/mol. The third kappa shape index (κ3) is 3.36. The maximum Gasteiger partial charge on any atom is 0.263 e. The molecule has 0 N–H and O–H groups in total. The molecule has 6 heteroatoms. The molecule has 4 nitrogen and oxygen atoms in total. The Hall–Kier alpha value is -1.56. The summed E-state index contributed by atoms with van der Waals surface area (Å²) < 4.78 is 12.0. The van der Waals surface area contributed by atoms with E-state index in [1.54, 1.807) is 30.4 Å². The Kier molecular flexibility index (Phi) is 4.95. The summed E-state index contributed by atoms with van der Waals surface area (Å²) in [6, 6.07) is 9.36. The van der Waals surface area contributed by atoms with Crippen LogP contribution in [0.4, 0.5) is 0 Å². The molecule has 138 valence electrons. The molecule has 0 radical (unpaired) electrons. The van der Waals surface area contributed by atoms with Crippen molar-refractivity contribution in [2.75, 3.05) is 19.7 Å². The summed E-state index contributed by atoms with van der Waals surface area (Å²) in [6.07, 6.45) is 2.15. The fourth-order valence-electron chi connectivity index (χ4n) is 3.87. The van der Waals surface area contributed by atoms with Gasteiger partial charge in [-0.3, -0.25) is 4.79 Å². The molecule has 26 heavy (non-hydrogen) atoms. The van der Waals surface area contributed by atoms with Crippen LogP contribution in [0.15, 0.2) is 35.7 Å². The number of thiophene rings is 1. The average Bonchev–Trinajstić information content (AvgIpc) is 3.12. The Morgan fingerprint density at radius 1 is 1.35 bits per heavy atom. The molecule has 1 amide bonds. The summed E-state index contributed by atoms with van der Waals surface area (Å²) in [7, 11) is 0. The van der Waals surface area contributed by atoms with Crippen LogP contribution in [0, 0.1) is 0 Å². The van der Waals surface area contributed by atoms with E-state index in [1.807, 2.05) is 17.0 Å². The highest BCUT2D eigenvalue weighted by molar-refractivity contribution is 7.10. The summed E-state index contributed by atoms with van der Waals surface area (Å²) in [4.78, 5) is 16.0. The van der Waals surface area contributed by atoms with Crippen molar-refractivity contribution >= 4 is 28.8 Å². The van der Waals surface area contributed by atoms with E-state index in [4.69, 9.17) is 21.1 Å². The third-order valence-corrected chi connectivity index (χ3v) is 6.63. The van der Waals surface area contributed by atoms with Crippen LogP contribution in [0.5, 0.6) is 5.75 Å². The Morgan fingerprint density at radius 3 is 2.92 bits per heavy atom. The molecule has 3 heterocycles. The molecule has 1 spiro atoms. The molecule has 0 bridgehead atoms. The highest BCUT2D eigenvalue weighted by Gasteiger charge is 2.43. The molecule has 2 aliphatic rings. The van der Waals surface area contributed by atoms with Gasteiger partial charge in [0.05, 0.1) is 6.61 Å². The van der Waals surface area contributed by atoms with E-state index in [0.29, 0.717) is 23.9 Å². The minimum atomic E-state index is -0.535. The number of halogens is 1. The lowest BCUT2D eigenvalue weighted by atomic mass is 9.85. The lowest BCUT2D eigenvalue weighted by molar-refractivity contribution is -0.146. The molecule has 1 atom stereocenters. The van der Waals surface area contributed by atoms with Gasteiger partial charge in [-0.1, -0.05) is 17.7 Å². The number of benzene rings is 1. The standard InChI is InChI=1S/C20H22ClNO3S/c1-14(25-17-4-2-3-16(21)13-17)19(23)22-9-7-20(8-10-22)18-15(5-11-24-20)6-12-26-18/h2-4,6,12-14H,5,7-11H2,1H3. The number of hydrogen-bond donors (Lipinski definition) is 0. The quantitative estimate of drug-likeness (QED) is 0.784. The van der Waals surface area contributed by atoms with Gasteiger partial charge in [-0.15, -0.1) is 11.3 Å². The van der Waals surface area contributed by atoms with Crippen molar-refractivity contribution in [3.63, 3.8) is 0 Å². The van der Waals surface area contributed by atoms with Gasteiger partial charge < -0.3 is 14.4 Å². The zero-order valence-electron chi connectivity index (χ0n) is 14.7. The van der Waals surface area contributed by atoms with Gasteiger partial charge in [0.1, 0.15) is 11.4 Å². The minimum Gasteiger partial charge on any atom is -0.481 e. The Bertz CT molecular complexity index is 798. The van der Waals surface area contributed by atoms with Crippen molar-refractivity contribution < 1.29 is 14.3 Å². The first-order valence-electron chi connectivity index (χ1n) is 8.99. The number of likely N-dealkylation sites (tertiary alicyclic amines) is 1. The predicted molar refractivity (Wildman–Crippen MR) is 103 cm³/mol. The van der Waals surface area contributed by atoms with Gasteiger partial charge in [0.15, 0.2) is 6.10 Å². The Labute approximate surface area is 162 Å². The second kappa shape index (κ2) is 7.22. The summed E-state index contributed by atoms with van der Waals surface area (Å²) in [5.74, 6) is 0.632. The second-order valence-electron chi connectivity index (χ2n) is 6.91. The summed E-state index contributed by atoms with van der Waals surface area (Å²) in [6.45, 7) is 3.95. The van der Waals surface area contributed by atoms with Gasteiger partial charge in [0.25, 0.3) is 5.91 Å². The lowest BCUT2D eigenvalue weighted by Gasteiger charge is -2.44. The number of piperidine rings is 1. The average molecular weight is 392 g/mol. The van der Waals surface area contributed by atoms with Gasteiger partial charge in [0, 0.05) is 23.0 Å². The first kappa shape index (κ1) is 17.8. The predicted octanol–water partition coefficient (Wildman–Crippen LogP) is 4.26. The van der Waals surface area contributed by atoms with Gasteiger partial charge >= 0.3 is 0 Å².